The molecule has 276 valence electrons. The number of anilines is 1. The molecule has 1 atom stereocenters. The van der Waals surface area contributed by atoms with Gasteiger partial charge < -0.3 is 34.3 Å². The first kappa shape index (κ1) is 38.1. The number of nitrogens with zero attached hydrogens (tertiary/aromatic N) is 3. The number of benzene rings is 2. The largest absolute Gasteiger partial charge is 0.484 e. The Morgan fingerprint density at radius 1 is 1.00 bits per heavy atom. The van der Waals surface area contributed by atoms with Crippen LogP contribution < -0.4 is 15.0 Å². The van der Waals surface area contributed by atoms with Crippen molar-refractivity contribution >= 4 is 52.2 Å². The molecule has 0 saturated carbocycles. The van der Waals surface area contributed by atoms with Crippen LogP contribution in [0.1, 0.15) is 59.6 Å². The number of halogens is 1. The fourth-order valence-corrected chi connectivity index (χ4v) is 6.18. The number of ether oxygens (including phenoxy) is 3. The zero-order chi connectivity index (χ0) is 37.8. The fourth-order valence-electron chi connectivity index (χ4n) is 5.81. The Morgan fingerprint density at radius 2 is 1.71 bits per heavy atom. The molecule has 2 aromatic heterocycles. The van der Waals surface area contributed by atoms with E-state index in [9.17, 15) is 19.2 Å². The third-order valence-electron chi connectivity index (χ3n) is 8.25. The molecular weight excluding hydrogens is 686 g/mol. The summed E-state index contributed by atoms with van der Waals surface area (Å²) < 4.78 is 16.6. The second-order valence-electron chi connectivity index (χ2n) is 14.7. The van der Waals surface area contributed by atoms with Crippen molar-refractivity contribution in [1.29, 1.82) is 0 Å². The lowest BCUT2D eigenvalue weighted by Gasteiger charge is -2.34. The Kier molecular flexibility index (Phi) is 11.5. The fraction of sp³-hybridized carbons (Fsp3) is 0.410. The van der Waals surface area contributed by atoms with Crippen molar-refractivity contribution in [3.63, 3.8) is 0 Å². The molecule has 13 heteroatoms. The van der Waals surface area contributed by atoms with E-state index < -0.39 is 29.3 Å². The molecule has 0 unspecified atom stereocenters. The van der Waals surface area contributed by atoms with Crippen molar-refractivity contribution in [3.05, 3.63) is 77.1 Å². The minimum Gasteiger partial charge on any atom is -0.484 e. The molecule has 3 heterocycles. The number of amides is 3. The van der Waals surface area contributed by atoms with Gasteiger partial charge in [-0.2, -0.15) is 0 Å². The van der Waals surface area contributed by atoms with Gasteiger partial charge in [0.05, 0.1) is 5.02 Å². The molecule has 12 nitrogen and oxygen atoms in total. The van der Waals surface area contributed by atoms with Crippen LogP contribution in [0.5, 0.6) is 5.75 Å². The zero-order valence-electron chi connectivity index (χ0n) is 30.7. The highest BCUT2D eigenvalue weighted by Crippen LogP contribution is 2.36. The maximum atomic E-state index is 13.3. The van der Waals surface area contributed by atoms with E-state index in [2.05, 4.69) is 22.2 Å². The molecule has 1 aliphatic heterocycles. The van der Waals surface area contributed by atoms with Gasteiger partial charge in [-0.1, -0.05) is 42.8 Å². The van der Waals surface area contributed by atoms with Gasteiger partial charge in [0.15, 0.2) is 6.61 Å². The normalized spacial score (nSPS) is 14.3. The number of carbonyl (C=O) groups is 4. The van der Waals surface area contributed by atoms with Gasteiger partial charge in [-0.05, 0) is 88.9 Å². The zero-order valence-corrected chi connectivity index (χ0v) is 31.4. The number of hydrogen-bond donors (Lipinski definition) is 2. The first-order valence-electron chi connectivity index (χ1n) is 17.3. The van der Waals surface area contributed by atoms with Gasteiger partial charge in [0, 0.05) is 48.5 Å². The van der Waals surface area contributed by atoms with Crippen molar-refractivity contribution < 1.29 is 33.4 Å². The Balaban J connectivity index is 1.17. The lowest BCUT2D eigenvalue weighted by atomic mass is 10.0. The summed E-state index contributed by atoms with van der Waals surface area (Å²) in [6, 6.07) is 13.4. The summed E-state index contributed by atoms with van der Waals surface area (Å²) in [6.07, 6.45) is 3.89. The van der Waals surface area contributed by atoms with Crippen LogP contribution in [-0.2, 0) is 36.7 Å². The van der Waals surface area contributed by atoms with Crippen molar-refractivity contribution in [2.75, 3.05) is 31.1 Å². The number of fused-ring (bicyclic) bond motifs is 1. The highest BCUT2D eigenvalue weighted by atomic mass is 35.5. The van der Waals surface area contributed by atoms with E-state index in [0.29, 0.717) is 29.5 Å². The first-order chi connectivity index (χ1) is 24.5. The van der Waals surface area contributed by atoms with E-state index in [1.165, 1.54) is 4.90 Å². The second kappa shape index (κ2) is 15.6. The number of esters is 1. The number of nitrogens with one attached hydrogen (secondary N) is 2. The molecule has 0 spiro atoms. The minimum absolute atomic E-state index is 0.0838. The highest BCUT2D eigenvalue weighted by molar-refractivity contribution is 6.38. The molecule has 0 bridgehead atoms. The Hall–Kier alpha value is -5.10. The van der Waals surface area contributed by atoms with Gasteiger partial charge >= 0.3 is 12.1 Å². The molecule has 1 fully saturated rings. The maximum absolute atomic E-state index is 13.3. The molecule has 1 aliphatic rings. The number of alkyl carbamates (subject to hydrolysis) is 1. The summed E-state index contributed by atoms with van der Waals surface area (Å²) in [4.78, 5) is 62.6. The van der Waals surface area contributed by atoms with Crippen LogP contribution in [0.3, 0.4) is 0 Å². The van der Waals surface area contributed by atoms with Crippen LogP contribution in [0.4, 0.5) is 10.5 Å². The number of aryl methyl sites for hydroxylation is 1. The predicted octanol–water partition coefficient (Wildman–Crippen LogP) is 6.48. The molecule has 0 aliphatic carbocycles. The lowest BCUT2D eigenvalue weighted by molar-refractivity contribution is -0.157. The standard InChI is InChI=1S/C39H46ClN5O7/c1-8-25-20-41-35-33(25)34(40)29(21-42-35)26-10-9-11-27(19-26)45-17-16-44(22-31(45)46)32(47)23-50-28-14-12-24(13-15-28)18-30(36(48)51-38(2,3)4)43-37(49)52-39(5,6)7/h9-15,19-21,30H,8,16-18,22-23H2,1-7H3,(H,41,42)(H,43,49)/t30-/m1/s1. The highest BCUT2D eigenvalue weighted by Gasteiger charge is 2.30. The van der Waals surface area contributed by atoms with Gasteiger partial charge in [-0.3, -0.25) is 9.59 Å². The maximum Gasteiger partial charge on any atom is 0.408 e. The molecule has 52 heavy (non-hydrogen) atoms. The lowest BCUT2D eigenvalue weighted by Crippen LogP contribution is -2.53. The summed E-state index contributed by atoms with van der Waals surface area (Å²) >= 11 is 6.86. The molecule has 3 amide bonds. The van der Waals surface area contributed by atoms with Crippen LogP contribution in [0.15, 0.2) is 60.9 Å². The van der Waals surface area contributed by atoms with Gasteiger partial charge in [0.1, 0.15) is 35.2 Å². The average Bonchev–Trinajstić information content (AvgIpc) is 3.50. The number of H-pyrrole nitrogens is 1. The number of aromatic nitrogens is 2. The van der Waals surface area contributed by atoms with Gasteiger partial charge in [-0.15, -0.1) is 0 Å². The number of rotatable bonds is 10. The molecule has 2 aromatic carbocycles. The smallest absolute Gasteiger partial charge is 0.408 e. The van der Waals surface area contributed by atoms with Crippen molar-refractivity contribution in [2.24, 2.45) is 0 Å². The van der Waals surface area contributed by atoms with Gasteiger partial charge in [0.25, 0.3) is 5.91 Å². The van der Waals surface area contributed by atoms with Crippen molar-refractivity contribution in [2.45, 2.75) is 78.6 Å². The predicted molar refractivity (Wildman–Crippen MR) is 199 cm³/mol. The summed E-state index contributed by atoms with van der Waals surface area (Å²) in [7, 11) is 0. The van der Waals surface area contributed by atoms with Gasteiger partial charge in [-0.25, -0.2) is 14.6 Å². The molecule has 4 aromatic rings. The topological polar surface area (TPSA) is 143 Å². The van der Waals surface area contributed by atoms with Crippen LogP contribution in [0, 0.1) is 0 Å². The van der Waals surface area contributed by atoms with Crippen molar-refractivity contribution in [3.8, 4) is 16.9 Å². The summed E-state index contributed by atoms with van der Waals surface area (Å²) in [5, 5.41) is 4.12. The van der Waals surface area contributed by atoms with E-state index in [0.717, 1.165) is 39.7 Å². The quantitative estimate of drug-likeness (QED) is 0.177. The Labute approximate surface area is 308 Å². The number of piperazine rings is 1. The Bertz CT molecular complexity index is 1950. The van der Waals surface area contributed by atoms with Crippen molar-refractivity contribution in [1.82, 2.24) is 20.2 Å². The molecule has 5 rings (SSSR count). The third-order valence-corrected chi connectivity index (χ3v) is 8.64. The molecule has 2 N–H and O–H groups in total. The summed E-state index contributed by atoms with van der Waals surface area (Å²) in [5.41, 5.74) is 3.38. The molecular formula is C39H46ClN5O7. The van der Waals surface area contributed by atoms with E-state index in [4.69, 9.17) is 25.8 Å². The van der Waals surface area contributed by atoms with E-state index >= 15 is 0 Å². The summed E-state index contributed by atoms with van der Waals surface area (Å²) in [6.45, 7) is 12.8. The van der Waals surface area contributed by atoms with E-state index in [1.807, 2.05) is 30.5 Å². The monoisotopic (exact) mass is 731 g/mol. The molecule has 0 radical (unpaired) electrons. The van der Waals surface area contributed by atoms with Crippen LogP contribution in [-0.4, -0.2) is 82.2 Å². The van der Waals surface area contributed by atoms with E-state index in [1.54, 1.807) is 76.9 Å². The number of hydrogen-bond acceptors (Lipinski definition) is 8. The van der Waals surface area contributed by atoms with Crippen LogP contribution in [0.25, 0.3) is 22.2 Å². The average molecular weight is 732 g/mol. The van der Waals surface area contributed by atoms with Crippen LogP contribution in [0.2, 0.25) is 5.02 Å². The Morgan fingerprint density at radius 3 is 2.37 bits per heavy atom. The van der Waals surface area contributed by atoms with E-state index in [-0.39, 0.29) is 31.4 Å². The van der Waals surface area contributed by atoms with Crippen LogP contribution >= 0.6 is 11.6 Å². The summed E-state index contributed by atoms with van der Waals surface area (Å²) in [5.74, 6) is -0.681. The third kappa shape index (κ3) is 9.61. The SMILES string of the molecule is CCc1c[nH]c2ncc(-c3cccc(N4CCN(C(=O)COc5ccc(C[C@@H](NC(=O)OC(C)(C)C)C(=O)OC(C)(C)C)cc5)CC4=O)c3)c(Cl)c12. The number of pyridine rings is 1. The first-order valence-corrected chi connectivity index (χ1v) is 17.7. The number of carbonyl (C=O) groups excluding carboxylic acids is 4. The molecule has 1 saturated heterocycles. The second-order valence-corrected chi connectivity index (χ2v) is 15.0. The minimum atomic E-state index is -0.987. The number of aromatic amines is 1. The van der Waals surface area contributed by atoms with Gasteiger partial charge in [0.2, 0.25) is 5.91 Å².